The Kier molecular flexibility index (Phi) is 48.5. The van der Waals surface area contributed by atoms with E-state index in [1.807, 2.05) is 0 Å². The third-order valence-electron chi connectivity index (χ3n) is 16.0. The first kappa shape index (κ1) is 73.6. The average molecular weight is 1130 g/mol. The van der Waals surface area contributed by atoms with Crippen molar-refractivity contribution < 1.29 is 69.0 Å². The van der Waals surface area contributed by atoms with Gasteiger partial charge < -0.3 is 64.2 Å². The van der Waals surface area contributed by atoms with Crippen LogP contribution in [0.5, 0.6) is 0 Å². The zero-order chi connectivity index (χ0) is 57.2. The summed E-state index contributed by atoms with van der Waals surface area (Å²) in [6, 6.07) is 0. The van der Waals surface area contributed by atoms with Crippen molar-refractivity contribution in [2.75, 3.05) is 33.0 Å². The van der Waals surface area contributed by atoms with Gasteiger partial charge in [0.1, 0.15) is 54.9 Å². The predicted molar refractivity (Wildman–Crippen MR) is 317 cm³/mol. The summed E-state index contributed by atoms with van der Waals surface area (Å²) in [5.74, 6) is -0.369. The zero-order valence-corrected chi connectivity index (χ0v) is 50.4. The molecule has 2 heterocycles. The van der Waals surface area contributed by atoms with E-state index in [-0.39, 0.29) is 25.6 Å². The summed E-state index contributed by atoms with van der Waals surface area (Å²) in [5.41, 5.74) is 0. The fraction of sp³-hybridized carbons (Fsp3) is 0.923. The van der Waals surface area contributed by atoms with Crippen molar-refractivity contribution in [2.45, 2.75) is 351 Å². The molecular formula is C65H122O14. The number of allylic oxidation sites excluding steroid dienone is 4. The molecule has 466 valence electrons. The smallest absolute Gasteiger partial charge is 0.306 e. The predicted octanol–water partition coefficient (Wildman–Crippen LogP) is 13.1. The van der Waals surface area contributed by atoms with Crippen LogP contribution in [-0.4, -0.2) is 142 Å². The van der Waals surface area contributed by atoms with Gasteiger partial charge >= 0.3 is 5.97 Å². The van der Waals surface area contributed by atoms with Gasteiger partial charge in [0.15, 0.2) is 12.6 Å². The van der Waals surface area contributed by atoms with Crippen molar-refractivity contribution in [3.05, 3.63) is 24.3 Å². The number of aliphatic hydroxyl groups excluding tert-OH is 7. The summed E-state index contributed by atoms with van der Waals surface area (Å²) in [6.45, 7) is 3.75. The Bertz CT molecular complexity index is 1400. The van der Waals surface area contributed by atoms with Gasteiger partial charge in [0.05, 0.1) is 26.4 Å². The van der Waals surface area contributed by atoms with Gasteiger partial charge in [-0.05, 0) is 44.9 Å². The fourth-order valence-corrected chi connectivity index (χ4v) is 10.7. The molecule has 14 nitrogen and oxygen atoms in total. The maximum Gasteiger partial charge on any atom is 0.306 e. The van der Waals surface area contributed by atoms with E-state index in [9.17, 15) is 40.5 Å². The molecule has 0 aromatic carbocycles. The Balaban J connectivity index is 1.65. The molecular weight excluding hydrogens is 1000 g/mol. The van der Waals surface area contributed by atoms with Crippen LogP contribution >= 0.6 is 0 Å². The lowest BCUT2D eigenvalue weighted by atomic mass is 9.98. The fourth-order valence-electron chi connectivity index (χ4n) is 10.7. The molecule has 2 saturated heterocycles. The summed E-state index contributed by atoms with van der Waals surface area (Å²) in [5, 5.41) is 72.5. The highest BCUT2D eigenvalue weighted by molar-refractivity contribution is 5.69. The minimum absolute atomic E-state index is 0.0668. The molecule has 2 aliphatic heterocycles. The van der Waals surface area contributed by atoms with Crippen LogP contribution in [0.2, 0.25) is 0 Å². The highest BCUT2D eigenvalue weighted by atomic mass is 16.7. The van der Waals surface area contributed by atoms with Crippen LogP contribution in [-0.2, 0) is 33.2 Å². The maximum absolute atomic E-state index is 13.1. The van der Waals surface area contributed by atoms with E-state index in [1.165, 1.54) is 212 Å². The van der Waals surface area contributed by atoms with E-state index in [0.29, 0.717) is 13.0 Å². The van der Waals surface area contributed by atoms with E-state index >= 15 is 0 Å². The molecule has 0 bridgehead atoms. The lowest BCUT2D eigenvalue weighted by molar-refractivity contribution is -0.332. The second kappa shape index (κ2) is 52.1. The Morgan fingerprint density at radius 2 is 0.785 bits per heavy atom. The number of carbonyl (C=O) groups is 1. The minimum atomic E-state index is -1.70. The number of aliphatic hydroxyl groups is 7. The maximum atomic E-state index is 13.1. The first-order chi connectivity index (χ1) is 38.6. The second-order valence-electron chi connectivity index (χ2n) is 23.3. The van der Waals surface area contributed by atoms with Gasteiger partial charge in [-0.15, -0.1) is 0 Å². The number of rotatable bonds is 55. The lowest BCUT2D eigenvalue weighted by Gasteiger charge is -2.42. The Morgan fingerprint density at radius 1 is 0.418 bits per heavy atom. The number of hydrogen-bond donors (Lipinski definition) is 7. The summed E-state index contributed by atoms with van der Waals surface area (Å²) in [6.07, 6.45) is 45.3. The van der Waals surface area contributed by atoms with Crippen LogP contribution < -0.4 is 0 Å². The van der Waals surface area contributed by atoms with Crippen LogP contribution in [0.15, 0.2) is 24.3 Å². The van der Waals surface area contributed by atoms with Crippen LogP contribution in [0.1, 0.15) is 284 Å². The zero-order valence-electron chi connectivity index (χ0n) is 50.4. The molecule has 11 atom stereocenters. The molecule has 0 radical (unpaired) electrons. The summed E-state index contributed by atoms with van der Waals surface area (Å²) < 4.78 is 34.5. The first-order valence-corrected chi connectivity index (χ1v) is 32.9. The minimum Gasteiger partial charge on any atom is -0.457 e. The molecule has 14 heteroatoms. The number of hydrogen-bond acceptors (Lipinski definition) is 14. The normalized spacial score (nSPS) is 24.1. The highest BCUT2D eigenvalue weighted by Gasteiger charge is 2.47. The van der Waals surface area contributed by atoms with E-state index in [2.05, 4.69) is 38.2 Å². The standard InChI is InChI=1S/C65H122O14/c1-3-5-7-9-11-13-15-17-19-21-23-24-25-26-27-28-29-31-33-35-37-39-41-43-45-47-49-74-51-54(77-57(67)48-46-44-42-40-38-36-34-32-30-22-20-18-16-14-12-10-8-6-4-2)52-75-64-63(73)61(71)59(69)56(79-64)53-76-65-62(72)60(70)58(68)55(50-66)78-65/h15,17,21,23,54-56,58-66,68-73H,3-14,16,18-20,22,24-53H2,1-2H3/b17-15-,23-21-. The molecule has 7 N–H and O–H groups in total. The average Bonchev–Trinajstić information content (AvgIpc) is 3.46. The number of esters is 1. The van der Waals surface area contributed by atoms with Crippen molar-refractivity contribution in [3.8, 4) is 0 Å². The summed E-state index contributed by atoms with van der Waals surface area (Å²) in [4.78, 5) is 13.1. The lowest BCUT2D eigenvalue weighted by Crippen LogP contribution is -2.61. The molecule has 0 spiro atoms. The highest BCUT2D eigenvalue weighted by Crippen LogP contribution is 2.27. The molecule has 0 saturated carbocycles. The van der Waals surface area contributed by atoms with E-state index < -0.39 is 80.7 Å². The molecule has 0 aliphatic carbocycles. The van der Waals surface area contributed by atoms with Crippen molar-refractivity contribution in [2.24, 2.45) is 0 Å². The molecule has 2 rings (SSSR count). The second-order valence-corrected chi connectivity index (χ2v) is 23.3. The van der Waals surface area contributed by atoms with Gasteiger partial charge in [-0.2, -0.15) is 0 Å². The molecule has 0 aromatic heterocycles. The van der Waals surface area contributed by atoms with Gasteiger partial charge in [0.25, 0.3) is 0 Å². The Hall–Kier alpha value is -1.53. The Morgan fingerprint density at radius 3 is 1.22 bits per heavy atom. The van der Waals surface area contributed by atoms with Gasteiger partial charge in [0.2, 0.25) is 0 Å². The molecule has 0 aromatic rings. The Labute approximate surface area is 481 Å². The van der Waals surface area contributed by atoms with Crippen molar-refractivity contribution in [3.63, 3.8) is 0 Å². The van der Waals surface area contributed by atoms with E-state index in [0.717, 1.165) is 44.9 Å². The summed E-state index contributed by atoms with van der Waals surface area (Å²) >= 11 is 0. The SMILES string of the molecule is CCCCCCC/C=C\C/C=C\CCCCCCCCCCCCCCCCOCC(COC1OC(COC2OC(CO)C(O)C(O)C2O)C(O)C(O)C1O)OC(=O)CCCCCCCCCCCCCCCCCCCCC. The van der Waals surface area contributed by atoms with Crippen molar-refractivity contribution >= 4 is 5.97 Å². The third-order valence-corrected chi connectivity index (χ3v) is 16.0. The largest absolute Gasteiger partial charge is 0.457 e. The number of ether oxygens (including phenoxy) is 6. The molecule has 2 aliphatic rings. The van der Waals surface area contributed by atoms with Gasteiger partial charge in [-0.1, -0.05) is 256 Å². The van der Waals surface area contributed by atoms with Crippen molar-refractivity contribution in [1.29, 1.82) is 0 Å². The topological polar surface area (TPSA) is 214 Å². The van der Waals surface area contributed by atoms with Crippen LogP contribution in [0, 0.1) is 0 Å². The van der Waals surface area contributed by atoms with Gasteiger partial charge in [-0.3, -0.25) is 4.79 Å². The summed E-state index contributed by atoms with van der Waals surface area (Å²) in [7, 11) is 0. The van der Waals surface area contributed by atoms with E-state index in [1.54, 1.807) is 0 Å². The van der Waals surface area contributed by atoms with Gasteiger partial charge in [-0.25, -0.2) is 0 Å². The molecule has 11 unspecified atom stereocenters. The van der Waals surface area contributed by atoms with Crippen LogP contribution in [0.4, 0.5) is 0 Å². The monoisotopic (exact) mass is 1130 g/mol. The van der Waals surface area contributed by atoms with Crippen LogP contribution in [0.25, 0.3) is 0 Å². The number of unbranched alkanes of at least 4 members (excludes halogenated alkanes) is 37. The quantitative estimate of drug-likeness (QED) is 0.0172. The number of carbonyl (C=O) groups excluding carboxylic acids is 1. The van der Waals surface area contributed by atoms with Gasteiger partial charge in [0, 0.05) is 13.0 Å². The first-order valence-electron chi connectivity index (χ1n) is 32.9. The molecule has 0 amide bonds. The molecule has 2 fully saturated rings. The third kappa shape index (κ3) is 38.1. The van der Waals surface area contributed by atoms with Crippen molar-refractivity contribution in [1.82, 2.24) is 0 Å². The van der Waals surface area contributed by atoms with Crippen LogP contribution in [0.3, 0.4) is 0 Å². The molecule has 79 heavy (non-hydrogen) atoms. The van der Waals surface area contributed by atoms with E-state index in [4.69, 9.17) is 28.4 Å².